The molecule has 2 N–H and O–H groups in total. The molecule has 1 rings (SSSR count). The topological polar surface area (TPSA) is 52.6 Å². The third-order valence-corrected chi connectivity index (χ3v) is 3.55. The van der Waals surface area contributed by atoms with Gasteiger partial charge in [0.2, 0.25) is 5.91 Å². The summed E-state index contributed by atoms with van der Waals surface area (Å²) in [7, 11) is 1.94. The van der Waals surface area contributed by atoms with Gasteiger partial charge in [0.15, 0.2) is 0 Å². The number of nitrogens with zero attached hydrogens (tertiary/aromatic N) is 1. The van der Waals surface area contributed by atoms with Gasteiger partial charge in [0.25, 0.3) is 0 Å². The van der Waals surface area contributed by atoms with E-state index >= 15 is 0 Å². The van der Waals surface area contributed by atoms with Crippen molar-refractivity contribution in [3.05, 3.63) is 35.9 Å². The molecule has 112 valence electrons. The average molecular weight is 278 g/mol. The van der Waals surface area contributed by atoms with E-state index in [9.17, 15) is 9.90 Å². The molecule has 0 radical (unpaired) electrons. The van der Waals surface area contributed by atoms with Crippen molar-refractivity contribution in [2.45, 2.75) is 38.8 Å². The van der Waals surface area contributed by atoms with Crippen LogP contribution in [0.4, 0.5) is 0 Å². The molecule has 2 unspecified atom stereocenters. The highest BCUT2D eigenvalue weighted by atomic mass is 16.3. The molecular formula is C16H26N2O2. The smallest absolute Gasteiger partial charge is 0.241 e. The van der Waals surface area contributed by atoms with Crippen molar-refractivity contribution in [3.63, 3.8) is 0 Å². The number of aliphatic hydroxyl groups excluding tert-OH is 1. The highest BCUT2D eigenvalue weighted by Gasteiger charge is 2.23. The van der Waals surface area contributed by atoms with Crippen LogP contribution in [0.2, 0.25) is 0 Å². The maximum Gasteiger partial charge on any atom is 0.241 e. The Bertz CT molecular complexity index is 395. The number of likely N-dealkylation sites (N-methyl/N-ethyl adjacent to an activating group) is 1. The van der Waals surface area contributed by atoms with Crippen LogP contribution in [-0.4, -0.2) is 42.2 Å². The zero-order valence-electron chi connectivity index (χ0n) is 12.7. The van der Waals surface area contributed by atoms with Gasteiger partial charge in [-0.05, 0) is 32.0 Å². The van der Waals surface area contributed by atoms with Crippen molar-refractivity contribution in [2.75, 3.05) is 20.1 Å². The number of amides is 1. The molecule has 0 saturated carbocycles. The molecule has 4 nitrogen and oxygen atoms in total. The minimum absolute atomic E-state index is 0.0103. The molecule has 1 amide bonds. The van der Waals surface area contributed by atoms with Crippen molar-refractivity contribution in [3.8, 4) is 0 Å². The van der Waals surface area contributed by atoms with Gasteiger partial charge in [0, 0.05) is 6.54 Å². The Labute approximate surface area is 121 Å². The third-order valence-electron chi connectivity index (χ3n) is 3.55. The van der Waals surface area contributed by atoms with Crippen LogP contribution in [0, 0.1) is 0 Å². The average Bonchev–Trinajstić information content (AvgIpc) is 2.48. The van der Waals surface area contributed by atoms with Gasteiger partial charge in [-0.15, -0.1) is 0 Å². The van der Waals surface area contributed by atoms with Gasteiger partial charge in [-0.3, -0.25) is 9.69 Å². The fourth-order valence-corrected chi connectivity index (χ4v) is 2.09. The third kappa shape index (κ3) is 4.94. The van der Waals surface area contributed by atoms with E-state index in [1.165, 1.54) is 0 Å². The highest BCUT2D eigenvalue weighted by Crippen LogP contribution is 2.19. The number of aliphatic hydroxyl groups is 1. The minimum atomic E-state index is -0.339. The van der Waals surface area contributed by atoms with Crippen LogP contribution in [0.15, 0.2) is 30.3 Å². The second-order valence-corrected chi connectivity index (χ2v) is 5.03. The first-order chi connectivity index (χ1) is 9.60. The SMILES string of the molecule is CCC(O)CCNC(=O)C(c1ccccc1)N(C)CC. The molecule has 0 spiro atoms. The first-order valence-electron chi connectivity index (χ1n) is 7.31. The fourth-order valence-electron chi connectivity index (χ4n) is 2.09. The summed E-state index contributed by atoms with van der Waals surface area (Å²) >= 11 is 0. The van der Waals surface area contributed by atoms with Crippen LogP contribution < -0.4 is 5.32 Å². The molecule has 0 aromatic heterocycles. The number of carbonyl (C=O) groups is 1. The summed E-state index contributed by atoms with van der Waals surface area (Å²) in [6.07, 6.45) is 0.973. The van der Waals surface area contributed by atoms with Gasteiger partial charge in [-0.25, -0.2) is 0 Å². The summed E-state index contributed by atoms with van der Waals surface area (Å²) in [5, 5.41) is 12.4. The summed E-state index contributed by atoms with van der Waals surface area (Å²) in [5.74, 6) is -0.0103. The van der Waals surface area contributed by atoms with Crippen LogP contribution in [0.25, 0.3) is 0 Å². The standard InChI is InChI=1S/C16H26N2O2/c1-4-14(19)11-12-17-16(20)15(18(3)5-2)13-9-7-6-8-10-13/h6-10,14-15,19H,4-5,11-12H2,1-3H3,(H,17,20). The molecule has 0 aliphatic heterocycles. The van der Waals surface area contributed by atoms with Gasteiger partial charge >= 0.3 is 0 Å². The number of benzene rings is 1. The first kappa shape index (κ1) is 16.7. The molecular weight excluding hydrogens is 252 g/mol. The molecule has 0 bridgehead atoms. The van der Waals surface area contributed by atoms with Crippen molar-refractivity contribution in [1.29, 1.82) is 0 Å². The van der Waals surface area contributed by atoms with Crippen LogP contribution in [0.1, 0.15) is 38.3 Å². The van der Waals surface area contributed by atoms with E-state index in [0.29, 0.717) is 19.4 Å². The highest BCUT2D eigenvalue weighted by molar-refractivity contribution is 5.83. The van der Waals surface area contributed by atoms with E-state index in [1.54, 1.807) is 0 Å². The predicted octanol–water partition coefficient (Wildman–Crippen LogP) is 1.96. The van der Waals surface area contributed by atoms with Crippen molar-refractivity contribution < 1.29 is 9.90 Å². The molecule has 1 aromatic rings. The van der Waals surface area contributed by atoms with E-state index in [1.807, 2.05) is 56.1 Å². The Morgan fingerprint density at radius 1 is 1.30 bits per heavy atom. The lowest BCUT2D eigenvalue weighted by atomic mass is 10.0. The molecule has 4 heteroatoms. The summed E-state index contributed by atoms with van der Waals surface area (Å²) in [6.45, 7) is 5.27. The fraction of sp³-hybridized carbons (Fsp3) is 0.562. The number of carbonyl (C=O) groups excluding carboxylic acids is 1. The molecule has 0 aliphatic rings. The van der Waals surface area contributed by atoms with Gasteiger partial charge in [-0.2, -0.15) is 0 Å². The largest absolute Gasteiger partial charge is 0.393 e. The van der Waals surface area contributed by atoms with E-state index < -0.39 is 0 Å². The molecule has 0 heterocycles. The van der Waals surface area contributed by atoms with Gasteiger partial charge in [0.1, 0.15) is 6.04 Å². The van der Waals surface area contributed by atoms with Gasteiger partial charge < -0.3 is 10.4 Å². The lowest BCUT2D eigenvalue weighted by Crippen LogP contribution is -2.39. The van der Waals surface area contributed by atoms with Crippen molar-refractivity contribution in [2.24, 2.45) is 0 Å². The maximum absolute atomic E-state index is 12.4. The lowest BCUT2D eigenvalue weighted by Gasteiger charge is -2.26. The Morgan fingerprint density at radius 3 is 2.50 bits per heavy atom. The monoisotopic (exact) mass is 278 g/mol. The quantitative estimate of drug-likeness (QED) is 0.764. The number of nitrogens with one attached hydrogen (secondary N) is 1. The van der Waals surface area contributed by atoms with Crippen LogP contribution in [0.3, 0.4) is 0 Å². The van der Waals surface area contributed by atoms with E-state index in [0.717, 1.165) is 12.1 Å². The van der Waals surface area contributed by atoms with E-state index in [-0.39, 0.29) is 18.1 Å². The maximum atomic E-state index is 12.4. The Hall–Kier alpha value is -1.39. The summed E-state index contributed by atoms with van der Waals surface area (Å²) in [6, 6.07) is 9.50. The van der Waals surface area contributed by atoms with Gasteiger partial charge in [0.05, 0.1) is 6.10 Å². The minimum Gasteiger partial charge on any atom is -0.393 e. The predicted molar refractivity (Wildman–Crippen MR) is 81.4 cm³/mol. The molecule has 20 heavy (non-hydrogen) atoms. The number of hydrogen-bond acceptors (Lipinski definition) is 3. The first-order valence-corrected chi connectivity index (χ1v) is 7.31. The van der Waals surface area contributed by atoms with Crippen LogP contribution in [0.5, 0.6) is 0 Å². The number of hydrogen-bond donors (Lipinski definition) is 2. The zero-order valence-corrected chi connectivity index (χ0v) is 12.7. The van der Waals surface area contributed by atoms with E-state index in [2.05, 4.69) is 5.32 Å². The summed E-state index contributed by atoms with van der Waals surface area (Å²) in [5.41, 5.74) is 0.991. The van der Waals surface area contributed by atoms with Crippen LogP contribution >= 0.6 is 0 Å². The second-order valence-electron chi connectivity index (χ2n) is 5.03. The van der Waals surface area contributed by atoms with Gasteiger partial charge in [-0.1, -0.05) is 44.2 Å². The Morgan fingerprint density at radius 2 is 1.95 bits per heavy atom. The number of rotatable bonds is 8. The van der Waals surface area contributed by atoms with Crippen LogP contribution in [-0.2, 0) is 4.79 Å². The molecule has 2 atom stereocenters. The van der Waals surface area contributed by atoms with Crippen molar-refractivity contribution in [1.82, 2.24) is 10.2 Å². The summed E-state index contributed by atoms with van der Waals surface area (Å²) in [4.78, 5) is 14.4. The van der Waals surface area contributed by atoms with E-state index in [4.69, 9.17) is 0 Å². The lowest BCUT2D eigenvalue weighted by molar-refractivity contribution is -0.126. The molecule has 0 saturated heterocycles. The summed E-state index contributed by atoms with van der Waals surface area (Å²) < 4.78 is 0. The van der Waals surface area contributed by atoms with Crippen molar-refractivity contribution >= 4 is 5.91 Å². The molecule has 0 fully saturated rings. The Balaban J connectivity index is 2.67. The molecule has 1 aromatic carbocycles. The molecule has 0 aliphatic carbocycles. The second kappa shape index (κ2) is 8.72. The zero-order chi connectivity index (χ0) is 15.0. The normalized spacial score (nSPS) is 14.1. The Kier molecular flexibility index (Phi) is 7.26.